The van der Waals surface area contributed by atoms with E-state index in [1.165, 1.54) is 18.5 Å². The van der Waals surface area contributed by atoms with Crippen molar-refractivity contribution < 1.29 is 31.2 Å². The number of amides is 2. The molecule has 2 amide bonds. The lowest BCUT2D eigenvalue weighted by Gasteiger charge is -2.33. The minimum atomic E-state index is -3.58. The van der Waals surface area contributed by atoms with Crippen LogP contribution in [0, 0.1) is 17.5 Å². The maximum atomic E-state index is 14.0. The number of carbonyl (C=O) groups excluding carboxylic acids is 2. The van der Waals surface area contributed by atoms with Crippen LogP contribution < -0.4 is 5.73 Å². The van der Waals surface area contributed by atoms with E-state index in [1.54, 1.807) is 6.07 Å². The molecule has 2 aromatic rings. The van der Waals surface area contributed by atoms with Gasteiger partial charge < -0.3 is 5.73 Å². The third kappa shape index (κ3) is 7.13. The highest BCUT2D eigenvalue weighted by Crippen LogP contribution is 2.18. The topological polar surface area (TPSA) is 117 Å². The smallest absolute Gasteiger partial charge is 0.274 e. The van der Waals surface area contributed by atoms with Crippen LogP contribution in [0.4, 0.5) is 13.2 Å². The Balaban J connectivity index is 0.00000432. The lowest BCUT2D eigenvalue weighted by atomic mass is 10.0. The average Bonchev–Trinajstić information content (AvgIpc) is 3.01. The van der Waals surface area contributed by atoms with Crippen LogP contribution in [0.1, 0.15) is 22.3 Å². The molecule has 0 aliphatic carbocycles. The van der Waals surface area contributed by atoms with Crippen LogP contribution in [0.2, 0.25) is 0 Å². The van der Waals surface area contributed by atoms with Gasteiger partial charge in [0.05, 0.1) is 24.9 Å². The van der Waals surface area contributed by atoms with Crippen molar-refractivity contribution in [3.63, 3.8) is 0 Å². The summed E-state index contributed by atoms with van der Waals surface area (Å²) in [5, 5.41) is 2.25. The summed E-state index contributed by atoms with van der Waals surface area (Å²) in [6, 6.07) is 3.17. The summed E-state index contributed by atoms with van der Waals surface area (Å²) in [5.74, 6) is -4.74. The van der Waals surface area contributed by atoms with Crippen LogP contribution in [-0.2, 0) is 21.2 Å². The molecule has 0 bridgehead atoms. The second kappa shape index (κ2) is 11.8. The Hall–Kier alpha value is -2.74. The molecule has 192 valence electrons. The molecule has 1 aliphatic rings. The number of aromatic nitrogens is 1. The Bertz CT molecular complexity index is 1170. The second-order valence-electron chi connectivity index (χ2n) is 7.87. The Morgan fingerprint density at radius 1 is 1.06 bits per heavy atom. The van der Waals surface area contributed by atoms with Crippen LogP contribution in [0.5, 0.6) is 0 Å². The first-order valence-corrected chi connectivity index (χ1v) is 12.2. The summed E-state index contributed by atoms with van der Waals surface area (Å²) in [6.07, 6.45) is 3.22. The van der Waals surface area contributed by atoms with Crippen molar-refractivity contribution in [2.45, 2.75) is 18.9 Å². The second-order valence-corrected chi connectivity index (χ2v) is 9.86. The van der Waals surface area contributed by atoms with Gasteiger partial charge in [0.25, 0.3) is 5.91 Å². The maximum Gasteiger partial charge on any atom is 0.274 e. The lowest BCUT2D eigenvalue weighted by molar-refractivity contribution is -0.144. The summed E-state index contributed by atoms with van der Waals surface area (Å²) in [7, 11) is -3.58. The standard InChI is InChI=1S/C21H24F3N5O4S.ClH/c1-34(32,33)27-5-7-28(29(8-6-27)21(31)14-3-2-4-26-13-14)20(30)11-16(25)9-15-10-18(23)19(24)12-17(15)22;/h2-4,10,12-13,16H,5-9,11,25H2,1H3;1H/t16-;/m1./s1. The molecule has 0 radical (unpaired) electrons. The number of benzene rings is 1. The molecule has 35 heavy (non-hydrogen) atoms. The van der Waals surface area contributed by atoms with Gasteiger partial charge in [-0.2, -0.15) is 4.31 Å². The highest BCUT2D eigenvalue weighted by Gasteiger charge is 2.33. The van der Waals surface area contributed by atoms with Crippen molar-refractivity contribution in [3.05, 3.63) is 65.2 Å². The molecule has 0 unspecified atom stereocenters. The molecule has 2 heterocycles. The van der Waals surface area contributed by atoms with Crippen LogP contribution in [-0.4, -0.2) is 78.0 Å². The molecule has 1 atom stereocenters. The molecule has 0 saturated carbocycles. The largest absolute Gasteiger partial charge is 0.327 e. The number of hydrogen-bond donors (Lipinski definition) is 1. The van der Waals surface area contributed by atoms with Gasteiger partial charge in [0.15, 0.2) is 11.6 Å². The molecule has 0 spiro atoms. The third-order valence-corrected chi connectivity index (χ3v) is 6.63. The molecule has 3 rings (SSSR count). The number of nitrogens with two attached hydrogens (primary N) is 1. The number of rotatable bonds is 6. The predicted molar refractivity (Wildman–Crippen MR) is 123 cm³/mol. The number of sulfonamides is 1. The number of pyridine rings is 1. The Morgan fingerprint density at radius 3 is 2.29 bits per heavy atom. The van der Waals surface area contributed by atoms with E-state index in [-0.39, 0.29) is 62.6 Å². The molecule has 2 N–H and O–H groups in total. The monoisotopic (exact) mass is 535 g/mol. The van der Waals surface area contributed by atoms with Crippen LogP contribution in [0.3, 0.4) is 0 Å². The predicted octanol–water partition coefficient (Wildman–Crippen LogP) is 1.34. The summed E-state index contributed by atoms with van der Waals surface area (Å²) >= 11 is 0. The fraction of sp³-hybridized carbons (Fsp3) is 0.381. The van der Waals surface area contributed by atoms with Gasteiger partial charge >= 0.3 is 0 Å². The van der Waals surface area contributed by atoms with Gasteiger partial charge in [0.1, 0.15) is 5.82 Å². The van der Waals surface area contributed by atoms with Crippen molar-refractivity contribution in [1.29, 1.82) is 0 Å². The minimum Gasteiger partial charge on any atom is -0.327 e. The number of nitrogens with zero attached hydrogens (tertiary/aromatic N) is 4. The first-order chi connectivity index (χ1) is 16.0. The fourth-order valence-corrected chi connectivity index (χ4v) is 4.44. The molecule has 9 nitrogen and oxygen atoms in total. The van der Waals surface area contributed by atoms with E-state index in [0.717, 1.165) is 20.6 Å². The average molecular weight is 536 g/mol. The maximum absolute atomic E-state index is 14.0. The van der Waals surface area contributed by atoms with Gasteiger partial charge in [-0.05, 0) is 30.2 Å². The number of hydrazine groups is 1. The van der Waals surface area contributed by atoms with E-state index in [9.17, 15) is 31.2 Å². The Morgan fingerprint density at radius 2 is 1.69 bits per heavy atom. The van der Waals surface area contributed by atoms with Gasteiger partial charge in [-0.25, -0.2) is 31.6 Å². The zero-order valence-electron chi connectivity index (χ0n) is 18.7. The van der Waals surface area contributed by atoms with Gasteiger partial charge in [-0.3, -0.25) is 14.6 Å². The van der Waals surface area contributed by atoms with Crippen molar-refractivity contribution in [3.8, 4) is 0 Å². The normalized spacial score (nSPS) is 15.8. The number of halogens is 4. The zero-order chi connectivity index (χ0) is 25.0. The molecular formula is C21H25ClF3N5O4S. The molecule has 14 heteroatoms. The zero-order valence-corrected chi connectivity index (χ0v) is 20.4. The van der Waals surface area contributed by atoms with Crippen LogP contribution in [0.25, 0.3) is 0 Å². The van der Waals surface area contributed by atoms with Crippen molar-refractivity contribution in [1.82, 2.24) is 19.3 Å². The Kier molecular flexibility index (Phi) is 9.60. The molecule has 1 aliphatic heterocycles. The van der Waals surface area contributed by atoms with Crippen LogP contribution >= 0.6 is 12.4 Å². The summed E-state index contributed by atoms with van der Waals surface area (Å²) in [5.41, 5.74) is 5.99. The first kappa shape index (κ1) is 28.5. The SMILES string of the molecule is CS(=O)(=O)N1CCN(C(=O)C[C@H](N)Cc2cc(F)c(F)cc2F)N(C(=O)c2cccnc2)CC1.Cl. The molecule has 1 aromatic carbocycles. The van der Waals surface area contributed by atoms with Crippen molar-refractivity contribution >= 4 is 34.2 Å². The Labute approximate surface area is 207 Å². The summed E-state index contributed by atoms with van der Waals surface area (Å²) < 4.78 is 65.8. The van der Waals surface area contributed by atoms with Gasteiger partial charge in [-0.15, -0.1) is 12.4 Å². The highest BCUT2D eigenvalue weighted by atomic mass is 35.5. The van der Waals surface area contributed by atoms with Gasteiger partial charge in [0.2, 0.25) is 15.9 Å². The molecule has 1 fully saturated rings. The summed E-state index contributed by atoms with van der Waals surface area (Å²) in [4.78, 5) is 30.1. The van der Waals surface area contributed by atoms with Crippen molar-refractivity contribution in [2.75, 3.05) is 32.4 Å². The van der Waals surface area contributed by atoms with E-state index in [4.69, 9.17) is 5.73 Å². The van der Waals surface area contributed by atoms with E-state index in [2.05, 4.69) is 4.98 Å². The molecular weight excluding hydrogens is 511 g/mol. The molecule has 1 aromatic heterocycles. The van der Waals surface area contributed by atoms with Gasteiger partial charge in [-0.1, -0.05) is 0 Å². The van der Waals surface area contributed by atoms with Gasteiger partial charge in [0, 0.05) is 44.0 Å². The first-order valence-electron chi connectivity index (χ1n) is 10.3. The fourth-order valence-electron chi connectivity index (χ4n) is 3.61. The lowest BCUT2D eigenvalue weighted by Crippen LogP contribution is -2.51. The quantitative estimate of drug-likeness (QED) is 0.558. The number of carbonyl (C=O) groups is 2. The van der Waals surface area contributed by atoms with E-state index in [1.807, 2.05) is 0 Å². The molecule has 1 saturated heterocycles. The van der Waals surface area contributed by atoms with E-state index < -0.39 is 45.3 Å². The third-order valence-electron chi connectivity index (χ3n) is 5.32. The van der Waals surface area contributed by atoms with E-state index >= 15 is 0 Å². The number of hydrogen-bond acceptors (Lipinski definition) is 6. The van der Waals surface area contributed by atoms with E-state index in [0.29, 0.717) is 12.1 Å². The summed E-state index contributed by atoms with van der Waals surface area (Å²) in [6.45, 7) is -0.293. The van der Waals surface area contributed by atoms with Crippen molar-refractivity contribution in [2.24, 2.45) is 5.73 Å². The van der Waals surface area contributed by atoms with Crippen LogP contribution in [0.15, 0.2) is 36.7 Å². The highest BCUT2D eigenvalue weighted by molar-refractivity contribution is 7.88. The minimum absolute atomic E-state index is 0.